The fraction of sp³-hybridized carbons (Fsp3) is 0.448. The van der Waals surface area contributed by atoms with Gasteiger partial charge in [0, 0.05) is 19.3 Å². The van der Waals surface area contributed by atoms with E-state index in [1.54, 1.807) is 40.0 Å². The summed E-state index contributed by atoms with van der Waals surface area (Å²) in [6, 6.07) is 3.54. The van der Waals surface area contributed by atoms with Crippen molar-refractivity contribution in [3.8, 4) is 5.75 Å². The average Bonchev–Trinajstić information content (AvgIpc) is 3.48. The molecule has 1 aliphatic heterocycles. The zero-order valence-electron chi connectivity index (χ0n) is 25.5. The van der Waals surface area contributed by atoms with Gasteiger partial charge >= 0.3 is 24.4 Å². The first-order chi connectivity index (χ1) is 21.5. The summed E-state index contributed by atoms with van der Waals surface area (Å²) in [6.07, 6.45) is -9.14. The molecule has 1 aromatic carbocycles. The predicted molar refractivity (Wildman–Crippen MR) is 148 cm³/mol. The Morgan fingerprint density at radius 1 is 1.02 bits per heavy atom. The highest BCUT2D eigenvalue weighted by Crippen LogP contribution is 2.35. The van der Waals surface area contributed by atoms with E-state index in [1.165, 1.54) is 17.4 Å². The lowest BCUT2D eigenvalue weighted by atomic mass is 10.0. The third-order valence-corrected chi connectivity index (χ3v) is 6.60. The Hall–Kier alpha value is -4.64. The zero-order chi connectivity index (χ0) is 35.6. The normalized spacial score (nSPS) is 16.8. The number of carbonyl (C=O) groups is 3. The molecule has 18 heteroatoms. The molecule has 2 aromatic heterocycles. The number of alkyl halides is 6. The smallest absolute Gasteiger partial charge is 0.485 e. The second kappa shape index (κ2) is 13.6. The van der Waals surface area contributed by atoms with Crippen molar-refractivity contribution in [1.82, 2.24) is 19.6 Å². The second-order valence-electron chi connectivity index (χ2n) is 11.5. The molecule has 0 spiro atoms. The number of aliphatic carboxylic acids is 1. The molecule has 47 heavy (non-hydrogen) atoms. The molecule has 2 N–H and O–H groups in total. The second-order valence-corrected chi connectivity index (χ2v) is 11.5. The summed E-state index contributed by atoms with van der Waals surface area (Å²) in [7, 11) is 0. The minimum absolute atomic E-state index is 0.0442. The number of hydrogen-bond donors (Lipinski definition) is 2. The first-order valence-corrected chi connectivity index (χ1v) is 13.7. The van der Waals surface area contributed by atoms with Gasteiger partial charge in [-0.2, -0.15) is 26.3 Å². The van der Waals surface area contributed by atoms with Gasteiger partial charge in [-0.05, 0) is 58.4 Å². The molecular weight excluding hydrogens is 652 g/mol. The molecule has 4 rings (SSSR count). The van der Waals surface area contributed by atoms with Crippen molar-refractivity contribution in [2.75, 3.05) is 13.1 Å². The van der Waals surface area contributed by atoms with Crippen LogP contribution in [0.15, 0.2) is 30.5 Å². The van der Waals surface area contributed by atoms with E-state index in [1.807, 2.05) is 0 Å². The van der Waals surface area contributed by atoms with Gasteiger partial charge in [0.15, 0.2) is 11.4 Å². The maximum Gasteiger partial charge on any atom is 0.490 e. The molecule has 0 radical (unpaired) electrons. The summed E-state index contributed by atoms with van der Waals surface area (Å²) < 4.78 is 114. The third kappa shape index (κ3) is 9.22. The Balaban J connectivity index is 0.000000771. The SMILES string of the molecule is Cc1cc(OCc2c(F)cccc2F)c2nc(C)c(C(=O)NC3CN(C(=O)OC(C)(C)C)CC3C(F)(F)F)n2c1.O=C(O)C(F)(F)F. The van der Waals surface area contributed by atoms with Crippen LogP contribution in [0, 0.1) is 31.4 Å². The average molecular weight is 683 g/mol. The van der Waals surface area contributed by atoms with E-state index < -0.39 is 79.2 Å². The van der Waals surface area contributed by atoms with Crippen LogP contribution in [-0.2, 0) is 16.1 Å². The van der Waals surface area contributed by atoms with E-state index in [4.69, 9.17) is 19.4 Å². The quantitative estimate of drug-likeness (QED) is 0.318. The number of carboxylic acids is 1. The summed E-state index contributed by atoms with van der Waals surface area (Å²) >= 11 is 0. The lowest BCUT2D eigenvalue weighted by Crippen LogP contribution is -2.46. The van der Waals surface area contributed by atoms with Gasteiger partial charge in [-0.1, -0.05) is 6.07 Å². The summed E-state index contributed by atoms with van der Waals surface area (Å²) in [5.41, 5.74) is -0.326. The maximum atomic E-state index is 14.1. The van der Waals surface area contributed by atoms with Crippen molar-refractivity contribution in [2.24, 2.45) is 5.92 Å². The lowest BCUT2D eigenvalue weighted by Gasteiger charge is -2.24. The van der Waals surface area contributed by atoms with Crippen LogP contribution in [0.2, 0.25) is 0 Å². The van der Waals surface area contributed by atoms with Crippen molar-refractivity contribution in [1.29, 1.82) is 0 Å². The molecule has 3 heterocycles. The number of nitrogens with zero attached hydrogens (tertiary/aromatic N) is 3. The van der Waals surface area contributed by atoms with Crippen molar-refractivity contribution < 1.29 is 64.1 Å². The number of nitrogens with one attached hydrogen (secondary N) is 1. The highest BCUT2D eigenvalue weighted by Gasteiger charge is 2.52. The molecule has 1 fully saturated rings. The van der Waals surface area contributed by atoms with Crippen LogP contribution in [-0.4, -0.2) is 74.4 Å². The highest BCUT2D eigenvalue weighted by atomic mass is 19.4. The lowest BCUT2D eigenvalue weighted by molar-refractivity contribution is -0.192. The van der Waals surface area contributed by atoms with Crippen LogP contribution in [0.5, 0.6) is 5.75 Å². The number of imidazole rings is 1. The van der Waals surface area contributed by atoms with Gasteiger partial charge in [0.05, 0.1) is 23.2 Å². The molecule has 0 saturated carbocycles. The Labute approximate surface area is 262 Å². The van der Waals surface area contributed by atoms with Gasteiger partial charge in [0.2, 0.25) is 0 Å². The predicted octanol–water partition coefficient (Wildman–Crippen LogP) is 5.97. The first-order valence-electron chi connectivity index (χ1n) is 13.7. The number of aromatic nitrogens is 2. The van der Waals surface area contributed by atoms with Crippen LogP contribution in [0.25, 0.3) is 5.65 Å². The number of likely N-dealkylation sites (tertiary alicyclic amines) is 1. The van der Waals surface area contributed by atoms with Crippen molar-refractivity contribution in [3.05, 3.63) is 64.6 Å². The summed E-state index contributed by atoms with van der Waals surface area (Å²) in [5, 5.41) is 9.55. The molecule has 0 aliphatic carbocycles. The van der Waals surface area contributed by atoms with Crippen LogP contribution in [0.3, 0.4) is 0 Å². The number of rotatable bonds is 5. The molecule has 258 valence electrons. The molecule has 1 saturated heterocycles. The minimum Gasteiger partial charge on any atom is -0.485 e. The number of pyridine rings is 1. The van der Waals surface area contributed by atoms with E-state index in [2.05, 4.69) is 10.3 Å². The van der Waals surface area contributed by atoms with E-state index in [9.17, 15) is 44.7 Å². The Bertz CT molecular complexity index is 1630. The van der Waals surface area contributed by atoms with Crippen molar-refractivity contribution in [3.63, 3.8) is 0 Å². The summed E-state index contributed by atoms with van der Waals surface area (Å²) in [6.45, 7) is 6.45. The Morgan fingerprint density at radius 2 is 1.60 bits per heavy atom. The Morgan fingerprint density at radius 3 is 2.11 bits per heavy atom. The fourth-order valence-electron chi connectivity index (χ4n) is 4.55. The number of hydrogen-bond acceptors (Lipinski definition) is 6. The number of fused-ring (bicyclic) bond motifs is 1. The van der Waals surface area contributed by atoms with Gasteiger partial charge in [0.25, 0.3) is 5.91 Å². The molecule has 3 aromatic rings. The number of amides is 2. The van der Waals surface area contributed by atoms with Crippen LogP contribution in [0.1, 0.15) is 48.1 Å². The molecule has 0 bridgehead atoms. The van der Waals surface area contributed by atoms with E-state index in [0.29, 0.717) is 5.56 Å². The third-order valence-electron chi connectivity index (χ3n) is 6.60. The monoisotopic (exact) mass is 682 g/mol. The van der Waals surface area contributed by atoms with Crippen LogP contribution in [0.4, 0.5) is 39.9 Å². The molecule has 2 unspecified atom stereocenters. The maximum absolute atomic E-state index is 14.1. The Kier molecular flexibility index (Phi) is 10.7. The van der Waals surface area contributed by atoms with E-state index >= 15 is 0 Å². The number of aryl methyl sites for hydroxylation is 2. The topological polar surface area (TPSA) is 122 Å². The molecule has 2 atom stereocenters. The zero-order valence-corrected chi connectivity index (χ0v) is 25.5. The van der Waals surface area contributed by atoms with Crippen LogP contribution < -0.4 is 10.1 Å². The summed E-state index contributed by atoms with van der Waals surface area (Å²) in [4.78, 5) is 40.0. The number of halogens is 8. The summed E-state index contributed by atoms with van der Waals surface area (Å²) in [5.74, 6) is -7.08. The number of carbonyl (C=O) groups excluding carboxylic acids is 2. The van der Waals surface area contributed by atoms with Crippen LogP contribution >= 0.6 is 0 Å². The van der Waals surface area contributed by atoms with Gasteiger partial charge < -0.3 is 24.8 Å². The van der Waals surface area contributed by atoms with Crippen molar-refractivity contribution >= 4 is 23.6 Å². The number of carboxylic acid groups (broad SMARTS) is 1. The van der Waals surface area contributed by atoms with Gasteiger partial charge in [0.1, 0.15) is 29.5 Å². The van der Waals surface area contributed by atoms with Gasteiger partial charge in [-0.25, -0.2) is 23.4 Å². The standard InChI is InChI=1S/C27H29F5N4O4.C2HF3O2/c1-14-9-21(39-13-16-18(28)7-6-8-19(16)29)23-33-15(2)22(36(23)10-14)24(37)34-20-12-35(11-17(20)27(30,31)32)25(38)40-26(3,4)5;3-2(4,5)1(6)7/h6-10,17,20H,11-13H2,1-5H3,(H,34,37);(H,6,7). The molecule has 2 amide bonds. The van der Waals surface area contributed by atoms with Crippen molar-refractivity contribution in [2.45, 2.75) is 65.2 Å². The van der Waals surface area contributed by atoms with E-state index in [0.717, 1.165) is 17.0 Å². The largest absolute Gasteiger partial charge is 0.490 e. The molecule has 10 nitrogen and oxygen atoms in total. The highest BCUT2D eigenvalue weighted by molar-refractivity contribution is 5.95. The minimum atomic E-state index is -5.08. The van der Waals surface area contributed by atoms with Gasteiger partial charge in [-0.15, -0.1) is 0 Å². The van der Waals surface area contributed by atoms with E-state index in [-0.39, 0.29) is 28.3 Å². The first kappa shape index (κ1) is 36.8. The fourth-order valence-corrected chi connectivity index (χ4v) is 4.55. The molecule has 1 aliphatic rings. The number of benzene rings is 1. The molecular formula is C29H30F8N4O6. The number of ether oxygens (including phenoxy) is 2. The van der Waals surface area contributed by atoms with Gasteiger partial charge in [-0.3, -0.25) is 9.20 Å².